The summed E-state index contributed by atoms with van der Waals surface area (Å²) in [6, 6.07) is 0. The van der Waals surface area contributed by atoms with Crippen LogP contribution < -0.4 is 0 Å². The average molecular weight is 273 g/mol. The summed E-state index contributed by atoms with van der Waals surface area (Å²) < 4.78 is 0.203. The zero-order valence-electron chi connectivity index (χ0n) is 14.4. The van der Waals surface area contributed by atoms with Crippen molar-refractivity contribution in [2.75, 3.05) is 6.26 Å². The molecule has 0 aromatic carbocycles. The SMILES string of the molecule is C=C/C=C\C(=C/C)C(C)(C)SC.CC.CC.CC. The maximum Gasteiger partial charge on any atom is 0.0346 e. The van der Waals surface area contributed by atoms with E-state index in [2.05, 4.69) is 45.8 Å². The van der Waals surface area contributed by atoms with E-state index in [1.807, 2.05) is 59.4 Å². The van der Waals surface area contributed by atoms with Crippen molar-refractivity contribution >= 4 is 11.8 Å². The Morgan fingerprint density at radius 3 is 1.61 bits per heavy atom. The Hall–Kier alpha value is -0.430. The van der Waals surface area contributed by atoms with Gasteiger partial charge in [-0.25, -0.2) is 0 Å². The van der Waals surface area contributed by atoms with Gasteiger partial charge in [-0.05, 0) is 32.6 Å². The lowest BCUT2D eigenvalue weighted by Crippen LogP contribution is -2.15. The minimum absolute atomic E-state index is 0.203. The molecule has 0 bridgehead atoms. The van der Waals surface area contributed by atoms with Crippen LogP contribution in [0.15, 0.2) is 36.5 Å². The van der Waals surface area contributed by atoms with E-state index in [4.69, 9.17) is 0 Å². The van der Waals surface area contributed by atoms with Gasteiger partial charge in [0.05, 0.1) is 0 Å². The fourth-order valence-corrected chi connectivity index (χ4v) is 1.36. The Labute approximate surface area is 122 Å². The molecule has 0 heterocycles. The van der Waals surface area contributed by atoms with Crippen molar-refractivity contribution in [1.29, 1.82) is 0 Å². The molecular weight excluding hydrogens is 236 g/mol. The van der Waals surface area contributed by atoms with Gasteiger partial charge in [0, 0.05) is 4.75 Å². The fourth-order valence-electron chi connectivity index (χ4n) is 0.934. The van der Waals surface area contributed by atoms with Gasteiger partial charge in [-0.15, -0.1) is 0 Å². The zero-order chi connectivity index (χ0) is 15.6. The number of hydrogen-bond acceptors (Lipinski definition) is 1. The van der Waals surface area contributed by atoms with Crippen LogP contribution in [0, 0.1) is 0 Å². The van der Waals surface area contributed by atoms with Crippen molar-refractivity contribution in [1.82, 2.24) is 0 Å². The lowest BCUT2D eigenvalue weighted by atomic mass is 10.0. The molecular formula is C17H36S. The molecule has 0 saturated heterocycles. The molecule has 0 spiro atoms. The van der Waals surface area contributed by atoms with Gasteiger partial charge in [-0.1, -0.05) is 72.4 Å². The monoisotopic (exact) mass is 272 g/mol. The number of rotatable bonds is 4. The van der Waals surface area contributed by atoms with Crippen LogP contribution in [0.25, 0.3) is 0 Å². The van der Waals surface area contributed by atoms with Crippen LogP contribution in [0.5, 0.6) is 0 Å². The Kier molecular flexibility index (Phi) is 31.7. The third-order valence-corrected chi connectivity index (χ3v) is 3.18. The first-order valence-electron chi connectivity index (χ1n) is 7.09. The van der Waals surface area contributed by atoms with Crippen LogP contribution >= 0.6 is 11.8 Å². The smallest absolute Gasteiger partial charge is 0.0346 e. The summed E-state index contributed by atoms with van der Waals surface area (Å²) in [4.78, 5) is 0. The lowest BCUT2D eigenvalue weighted by Gasteiger charge is -2.23. The molecule has 0 amide bonds. The predicted octanol–water partition coefficient (Wildman–Crippen LogP) is 6.90. The summed E-state index contributed by atoms with van der Waals surface area (Å²) >= 11 is 1.86. The topological polar surface area (TPSA) is 0 Å². The van der Waals surface area contributed by atoms with Gasteiger partial charge in [0.2, 0.25) is 0 Å². The molecule has 0 unspecified atom stereocenters. The molecule has 0 N–H and O–H groups in total. The first kappa shape index (κ1) is 26.2. The second-order valence-corrected chi connectivity index (χ2v) is 4.48. The maximum atomic E-state index is 3.65. The predicted molar refractivity (Wildman–Crippen MR) is 94.7 cm³/mol. The standard InChI is InChI=1S/C11H18S.3C2H6/c1-6-8-9-10(7-2)11(3,4)12-5;3*1-2/h6-9H,1H2,2-5H3;3*1-2H3/b9-8-,10-7+;;;. The molecule has 0 aliphatic carbocycles. The highest BCUT2D eigenvalue weighted by Gasteiger charge is 2.18. The molecule has 18 heavy (non-hydrogen) atoms. The van der Waals surface area contributed by atoms with Crippen molar-refractivity contribution in [3.63, 3.8) is 0 Å². The van der Waals surface area contributed by atoms with E-state index in [1.54, 1.807) is 6.08 Å². The summed E-state index contributed by atoms with van der Waals surface area (Å²) in [6.45, 7) is 22.2. The quantitative estimate of drug-likeness (QED) is 0.502. The van der Waals surface area contributed by atoms with Crippen LogP contribution in [-0.2, 0) is 0 Å². The first-order chi connectivity index (χ1) is 8.58. The molecule has 0 aliphatic rings. The highest BCUT2D eigenvalue weighted by molar-refractivity contribution is 8.00. The second-order valence-electron chi connectivity index (χ2n) is 3.05. The Bertz CT molecular complexity index is 198. The van der Waals surface area contributed by atoms with E-state index < -0.39 is 0 Å². The summed E-state index contributed by atoms with van der Waals surface area (Å²) in [5.41, 5.74) is 1.34. The van der Waals surface area contributed by atoms with Crippen LogP contribution in [0.3, 0.4) is 0 Å². The Morgan fingerprint density at radius 1 is 1.00 bits per heavy atom. The van der Waals surface area contributed by atoms with Crippen molar-refractivity contribution in [2.45, 2.75) is 67.1 Å². The van der Waals surface area contributed by atoms with Gasteiger partial charge in [-0.3, -0.25) is 0 Å². The van der Waals surface area contributed by atoms with E-state index in [9.17, 15) is 0 Å². The van der Waals surface area contributed by atoms with E-state index in [0.717, 1.165) is 0 Å². The van der Waals surface area contributed by atoms with Gasteiger partial charge < -0.3 is 0 Å². The van der Waals surface area contributed by atoms with Gasteiger partial charge in [0.15, 0.2) is 0 Å². The lowest BCUT2D eigenvalue weighted by molar-refractivity contribution is 0.857. The third-order valence-electron chi connectivity index (χ3n) is 1.93. The van der Waals surface area contributed by atoms with Crippen molar-refractivity contribution in [2.24, 2.45) is 0 Å². The van der Waals surface area contributed by atoms with Crippen molar-refractivity contribution < 1.29 is 0 Å². The first-order valence-corrected chi connectivity index (χ1v) is 8.32. The molecule has 1 heteroatoms. The van der Waals surface area contributed by atoms with Gasteiger partial charge in [0.1, 0.15) is 0 Å². The van der Waals surface area contributed by atoms with Gasteiger partial charge in [0.25, 0.3) is 0 Å². The summed E-state index contributed by atoms with van der Waals surface area (Å²) in [7, 11) is 0. The maximum absolute atomic E-state index is 3.65. The fraction of sp³-hybridized carbons (Fsp3) is 0.647. The molecule has 0 aliphatic heterocycles. The molecule has 0 atom stereocenters. The summed E-state index contributed by atoms with van der Waals surface area (Å²) in [5, 5.41) is 0. The zero-order valence-corrected chi connectivity index (χ0v) is 15.2. The molecule has 0 saturated carbocycles. The molecule has 0 aromatic rings. The van der Waals surface area contributed by atoms with Gasteiger partial charge >= 0.3 is 0 Å². The van der Waals surface area contributed by atoms with Crippen LogP contribution in [0.1, 0.15) is 62.3 Å². The molecule has 0 nitrogen and oxygen atoms in total. The number of hydrogen-bond donors (Lipinski definition) is 0. The highest BCUT2D eigenvalue weighted by Crippen LogP contribution is 2.30. The average Bonchev–Trinajstić information content (AvgIpc) is 2.46. The molecule has 0 radical (unpaired) electrons. The molecule has 0 fully saturated rings. The third kappa shape index (κ3) is 15.6. The molecule has 0 aromatic heterocycles. The van der Waals surface area contributed by atoms with Crippen LogP contribution in [0.4, 0.5) is 0 Å². The molecule has 0 rings (SSSR count). The minimum atomic E-state index is 0.203. The Morgan fingerprint density at radius 2 is 1.39 bits per heavy atom. The normalized spacial score (nSPS) is 10.2. The molecule has 110 valence electrons. The number of thioether (sulfide) groups is 1. The van der Waals surface area contributed by atoms with Gasteiger partial charge in [-0.2, -0.15) is 11.8 Å². The van der Waals surface area contributed by atoms with E-state index >= 15 is 0 Å². The van der Waals surface area contributed by atoms with Crippen molar-refractivity contribution in [3.8, 4) is 0 Å². The van der Waals surface area contributed by atoms with E-state index in [1.165, 1.54) is 5.57 Å². The summed E-state index contributed by atoms with van der Waals surface area (Å²) in [6.07, 6.45) is 10.2. The van der Waals surface area contributed by atoms with Crippen molar-refractivity contribution in [3.05, 3.63) is 36.5 Å². The highest BCUT2D eigenvalue weighted by atomic mass is 32.2. The van der Waals surface area contributed by atoms with E-state index in [-0.39, 0.29) is 4.75 Å². The summed E-state index contributed by atoms with van der Waals surface area (Å²) in [5.74, 6) is 0. The number of allylic oxidation sites excluding steroid dienone is 4. The van der Waals surface area contributed by atoms with E-state index in [0.29, 0.717) is 0 Å². The second kappa shape index (κ2) is 21.8. The van der Waals surface area contributed by atoms with Crippen LogP contribution in [-0.4, -0.2) is 11.0 Å². The largest absolute Gasteiger partial charge is 0.154 e. The van der Waals surface area contributed by atoms with Crippen LogP contribution in [0.2, 0.25) is 0 Å². The Balaban J connectivity index is -0.000000141. The minimum Gasteiger partial charge on any atom is -0.154 e.